The van der Waals surface area contributed by atoms with Crippen molar-refractivity contribution in [2.45, 2.75) is 41.0 Å². The number of thiazole rings is 1. The van der Waals surface area contributed by atoms with Crippen LogP contribution in [0.15, 0.2) is 6.07 Å². The molecular weight excluding hydrogens is 456 g/mol. The Bertz CT molecular complexity index is 1210. The van der Waals surface area contributed by atoms with Gasteiger partial charge in [-0.15, -0.1) is 0 Å². The zero-order valence-electron chi connectivity index (χ0n) is 19.9. The topological polar surface area (TPSA) is 127 Å². The van der Waals surface area contributed by atoms with Gasteiger partial charge in [0.15, 0.2) is 5.13 Å². The van der Waals surface area contributed by atoms with Crippen molar-refractivity contribution in [2.75, 3.05) is 31.2 Å². The molecule has 1 fully saturated rings. The molecule has 0 spiro atoms. The maximum absolute atomic E-state index is 12.7. The Morgan fingerprint density at radius 1 is 1.00 bits per heavy atom. The summed E-state index contributed by atoms with van der Waals surface area (Å²) in [5, 5.41) is 5.30. The molecule has 2 N–H and O–H groups in total. The summed E-state index contributed by atoms with van der Waals surface area (Å²) in [6.07, 6.45) is 0.0590. The van der Waals surface area contributed by atoms with Crippen molar-refractivity contribution in [3.05, 3.63) is 45.0 Å². The summed E-state index contributed by atoms with van der Waals surface area (Å²) in [5.41, 5.74) is 9.56. The molecule has 1 aliphatic heterocycles. The zero-order valence-corrected chi connectivity index (χ0v) is 20.7. The highest BCUT2D eigenvalue weighted by atomic mass is 32.1. The van der Waals surface area contributed by atoms with Gasteiger partial charge in [-0.25, -0.2) is 19.6 Å². The van der Waals surface area contributed by atoms with Crippen LogP contribution in [0, 0.1) is 34.6 Å². The SMILES string of the molecule is Cc1cc(C)nc(-n2nc(C)c(CC(=O)NNC(=O)c3sc(N4CCOCC4)nc3C)c2C)n1. The number of carbonyl (C=O) groups excluding carboxylic acids is 2. The van der Waals surface area contributed by atoms with Gasteiger partial charge in [0, 0.05) is 35.7 Å². The molecule has 0 bridgehead atoms. The van der Waals surface area contributed by atoms with Gasteiger partial charge in [0.05, 0.1) is 31.0 Å². The van der Waals surface area contributed by atoms with Crippen LogP contribution in [0.4, 0.5) is 5.13 Å². The first-order valence-corrected chi connectivity index (χ1v) is 11.8. The molecule has 0 aromatic carbocycles. The van der Waals surface area contributed by atoms with E-state index >= 15 is 0 Å². The third-order valence-corrected chi connectivity index (χ3v) is 6.74. The van der Waals surface area contributed by atoms with E-state index in [1.807, 2.05) is 33.8 Å². The van der Waals surface area contributed by atoms with Crippen molar-refractivity contribution >= 4 is 28.3 Å². The first-order valence-electron chi connectivity index (χ1n) is 11.0. The Kier molecular flexibility index (Phi) is 6.89. The highest BCUT2D eigenvalue weighted by Crippen LogP contribution is 2.26. The van der Waals surface area contributed by atoms with Gasteiger partial charge < -0.3 is 9.64 Å². The van der Waals surface area contributed by atoms with Gasteiger partial charge in [-0.2, -0.15) is 5.10 Å². The molecule has 4 heterocycles. The number of ether oxygens (including phenoxy) is 1. The van der Waals surface area contributed by atoms with Gasteiger partial charge in [0.2, 0.25) is 5.91 Å². The number of hydrogen-bond donors (Lipinski definition) is 2. The van der Waals surface area contributed by atoms with Gasteiger partial charge in [-0.05, 0) is 40.7 Å². The Morgan fingerprint density at radius 2 is 1.68 bits per heavy atom. The van der Waals surface area contributed by atoms with Gasteiger partial charge in [-0.3, -0.25) is 20.4 Å². The number of hydrogen-bond acceptors (Lipinski definition) is 9. The fourth-order valence-corrected chi connectivity index (χ4v) is 4.81. The molecule has 0 aliphatic carbocycles. The molecule has 0 saturated carbocycles. The molecule has 1 saturated heterocycles. The second-order valence-electron chi connectivity index (χ2n) is 8.20. The number of aromatic nitrogens is 5. The summed E-state index contributed by atoms with van der Waals surface area (Å²) in [6, 6.07) is 1.89. The first kappa shape index (κ1) is 23.8. The molecule has 3 aromatic rings. The number of hydrazine groups is 1. The van der Waals surface area contributed by atoms with Gasteiger partial charge in [-0.1, -0.05) is 11.3 Å². The highest BCUT2D eigenvalue weighted by molar-refractivity contribution is 7.17. The standard InChI is InChI=1S/C22H28N8O3S/c1-12-10-13(2)24-21(23-12)30-16(5)17(14(3)28-30)11-18(31)26-27-20(32)19-15(4)25-22(34-19)29-6-8-33-9-7-29/h10H,6-9,11H2,1-5H3,(H,26,31)(H,27,32). The first-order chi connectivity index (χ1) is 16.2. The molecule has 34 heavy (non-hydrogen) atoms. The summed E-state index contributed by atoms with van der Waals surface area (Å²) < 4.78 is 7.01. The Labute approximate surface area is 201 Å². The predicted molar refractivity (Wildman–Crippen MR) is 127 cm³/mol. The molecule has 1 aliphatic rings. The third-order valence-electron chi connectivity index (χ3n) is 5.53. The molecule has 11 nitrogen and oxygen atoms in total. The van der Waals surface area contributed by atoms with Gasteiger partial charge in [0.25, 0.3) is 11.9 Å². The van der Waals surface area contributed by atoms with Crippen molar-refractivity contribution in [2.24, 2.45) is 0 Å². The Hall–Kier alpha value is -3.38. The minimum Gasteiger partial charge on any atom is -0.378 e. The molecule has 180 valence electrons. The number of morpholine rings is 1. The van der Waals surface area contributed by atoms with Crippen molar-refractivity contribution in [1.29, 1.82) is 0 Å². The summed E-state index contributed by atoms with van der Waals surface area (Å²) in [7, 11) is 0. The number of carbonyl (C=O) groups is 2. The predicted octanol–water partition coefficient (Wildman–Crippen LogP) is 1.50. The summed E-state index contributed by atoms with van der Waals surface area (Å²) in [5.74, 6) is -0.276. The number of nitrogens with zero attached hydrogens (tertiary/aromatic N) is 6. The lowest BCUT2D eigenvalue weighted by Crippen LogP contribution is -2.42. The van der Waals surface area contributed by atoms with Crippen LogP contribution >= 0.6 is 11.3 Å². The van der Waals surface area contributed by atoms with Crippen molar-refractivity contribution < 1.29 is 14.3 Å². The Morgan fingerprint density at radius 3 is 2.35 bits per heavy atom. The van der Waals surface area contributed by atoms with E-state index in [4.69, 9.17) is 4.74 Å². The van der Waals surface area contributed by atoms with Crippen LogP contribution in [0.5, 0.6) is 0 Å². The van der Waals surface area contributed by atoms with E-state index in [1.54, 1.807) is 11.6 Å². The van der Waals surface area contributed by atoms with Crippen LogP contribution in [0.25, 0.3) is 5.95 Å². The van der Waals surface area contributed by atoms with Crippen LogP contribution in [0.3, 0.4) is 0 Å². The minimum atomic E-state index is -0.393. The quantitative estimate of drug-likeness (QED) is 0.522. The maximum Gasteiger partial charge on any atom is 0.281 e. The molecule has 0 radical (unpaired) electrons. The van der Waals surface area contributed by atoms with Crippen LogP contribution in [-0.4, -0.2) is 62.9 Å². The number of rotatable bonds is 5. The monoisotopic (exact) mass is 484 g/mol. The molecule has 2 amide bonds. The van der Waals surface area contributed by atoms with E-state index in [0.717, 1.165) is 40.9 Å². The smallest absolute Gasteiger partial charge is 0.281 e. The molecular formula is C22H28N8O3S. The second kappa shape index (κ2) is 9.85. The zero-order chi connectivity index (χ0) is 24.4. The minimum absolute atomic E-state index is 0.0590. The van der Waals surface area contributed by atoms with E-state index in [1.165, 1.54) is 11.3 Å². The lowest BCUT2D eigenvalue weighted by Gasteiger charge is -2.25. The largest absolute Gasteiger partial charge is 0.378 e. The second-order valence-corrected chi connectivity index (χ2v) is 9.18. The van der Waals surface area contributed by atoms with Crippen molar-refractivity contribution in [3.63, 3.8) is 0 Å². The number of nitrogens with one attached hydrogen (secondary N) is 2. The average Bonchev–Trinajstić information content (AvgIpc) is 3.32. The number of anilines is 1. The lowest BCUT2D eigenvalue weighted by atomic mass is 10.1. The van der Waals surface area contributed by atoms with Crippen molar-refractivity contribution in [3.8, 4) is 5.95 Å². The lowest BCUT2D eigenvalue weighted by molar-refractivity contribution is -0.121. The summed E-state index contributed by atoms with van der Waals surface area (Å²) in [4.78, 5) is 41.3. The van der Waals surface area contributed by atoms with Crippen LogP contribution in [0.1, 0.15) is 43.7 Å². The normalized spacial score (nSPS) is 13.7. The summed E-state index contributed by atoms with van der Waals surface area (Å²) in [6.45, 7) is 12.0. The number of aryl methyl sites for hydroxylation is 4. The van der Waals surface area contributed by atoms with Gasteiger partial charge in [0.1, 0.15) is 4.88 Å². The molecule has 0 atom stereocenters. The van der Waals surface area contributed by atoms with E-state index in [2.05, 4.69) is 35.8 Å². The van der Waals surface area contributed by atoms with Gasteiger partial charge >= 0.3 is 0 Å². The molecule has 0 unspecified atom stereocenters. The molecule has 12 heteroatoms. The third kappa shape index (κ3) is 5.07. The van der Waals surface area contributed by atoms with E-state index < -0.39 is 5.91 Å². The summed E-state index contributed by atoms with van der Waals surface area (Å²) >= 11 is 1.31. The average molecular weight is 485 g/mol. The van der Waals surface area contributed by atoms with Crippen LogP contribution in [-0.2, 0) is 16.0 Å². The maximum atomic E-state index is 12.7. The van der Waals surface area contributed by atoms with E-state index in [0.29, 0.717) is 35.4 Å². The van der Waals surface area contributed by atoms with Crippen molar-refractivity contribution in [1.82, 2.24) is 35.6 Å². The van der Waals surface area contributed by atoms with E-state index in [-0.39, 0.29) is 12.3 Å². The number of amides is 2. The van der Waals surface area contributed by atoms with Crippen LogP contribution in [0.2, 0.25) is 0 Å². The Balaban J connectivity index is 1.40. The molecule has 3 aromatic heterocycles. The van der Waals surface area contributed by atoms with Crippen LogP contribution < -0.4 is 15.8 Å². The fraction of sp³-hybridized carbons (Fsp3) is 0.455. The van der Waals surface area contributed by atoms with E-state index in [9.17, 15) is 9.59 Å². The highest BCUT2D eigenvalue weighted by Gasteiger charge is 2.22. The molecule has 4 rings (SSSR count). The fourth-order valence-electron chi connectivity index (χ4n) is 3.80.